The number of aromatic nitrogens is 2. The van der Waals surface area contributed by atoms with Crippen molar-refractivity contribution in [1.29, 1.82) is 0 Å². The van der Waals surface area contributed by atoms with Crippen LogP contribution in [0, 0.1) is 18.8 Å². The van der Waals surface area contributed by atoms with E-state index in [1.807, 2.05) is 48.5 Å². The van der Waals surface area contributed by atoms with Crippen LogP contribution in [-0.4, -0.2) is 20.3 Å². The zero-order chi connectivity index (χ0) is 26.3. The number of nitrogens with zero attached hydrogens (tertiary/aromatic N) is 4. The number of rotatable bonds is 3. The molecule has 4 aromatic carbocycles. The second-order valence-electron chi connectivity index (χ2n) is 9.99. The molecular weight excluding hydrogens is 669 g/mol. The molecule has 3 aromatic heterocycles. The first kappa shape index (κ1) is 26.1. The van der Waals surface area contributed by atoms with Crippen molar-refractivity contribution in [3.63, 3.8) is 0 Å². The summed E-state index contributed by atoms with van der Waals surface area (Å²) >= 11 is 0. The van der Waals surface area contributed by atoms with Crippen molar-refractivity contribution in [2.75, 3.05) is 4.90 Å². The summed E-state index contributed by atoms with van der Waals surface area (Å²) < 4.78 is 2.41. The molecule has 0 N–H and O–H groups in total. The molecule has 0 saturated carbocycles. The minimum atomic E-state index is 0. The van der Waals surface area contributed by atoms with Gasteiger partial charge in [-0.15, -0.1) is 42.0 Å². The third kappa shape index (κ3) is 4.32. The van der Waals surface area contributed by atoms with Crippen molar-refractivity contribution >= 4 is 43.8 Å². The van der Waals surface area contributed by atoms with E-state index in [0.29, 0.717) is 6.04 Å². The number of anilines is 1. The van der Waals surface area contributed by atoms with Crippen LogP contribution >= 0.6 is 0 Å². The third-order valence-electron chi connectivity index (χ3n) is 7.32. The van der Waals surface area contributed by atoms with Crippen LogP contribution in [0.15, 0.2) is 116 Å². The summed E-state index contributed by atoms with van der Waals surface area (Å²) in [6.07, 6.45) is 6.04. The number of benzene rings is 4. The molecule has 0 saturated heterocycles. The first-order valence-corrected chi connectivity index (χ1v) is 13.3. The van der Waals surface area contributed by atoms with Crippen molar-refractivity contribution in [2.45, 2.75) is 19.9 Å². The largest absolute Gasteiger partial charge is 3.00 e. The van der Waals surface area contributed by atoms with E-state index in [-0.39, 0.29) is 20.1 Å². The summed E-state index contributed by atoms with van der Waals surface area (Å²) in [6, 6.07) is 40.3. The number of para-hydroxylation sites is 2. The topological polar surface area (TPSA) is 23.8 Å². The summed E-state index contributed by atoms with van der Waals surface area (Å²) in [5.74, 6) is 0. The molecule has 0 spiro atoms. The van der Waals surface area contributed by atoms with Gasteiger partial charge >= 0.3 is 20.1 Å². The van der Waals surface area contributed by atoms with Gasteiger partial charge in [0.1, 0.15) is 0 Å². The van der Waals surface area contributed by atoms with Crippen molar-refractivity contribution in [2.24, 2.45) is 0 Å². The van der Waals surface area contributed by atoms with Gasteiger partial charge in [0.05, 0.1) is 5.52 Å². The maximum absolute atomic E-state index is 4.22. The maximum Gasteiger partial charge on any atom is 3.00 e. The van der Waals surface area contributed by atoms with Gasteiger partial charge in [-0.2, -0.15) is 18.8 Å². The van der Waals surface area contributed by atoms with Gasteiger partial charge in [0.15, 0.2) is 0 Å². The van der Waals surface area contributed by atoms with Crippen LogP contribution in [0.1, 0.15) is 13.8 Å². The average Bonchev–Trinajstić information content (AvgIpc) is 3.71. The molecule has 5 heteroatoms. The second kappa shape index (κ2) is 10.8. The molecule has 0 aliphatic carbocycles. The minimum Gasteiger partial charge on any atom is -0.506 e. The molecule has 1 aliphatic heterocycles. The molecule has 1 aliphatic rings. The van der Waals surface area contributed by atoms with Gasteiger partial charge in [-0.25, -0.2) is 0 Å². The van der Waals surface area contributed by atoms with Crippen molar-refractivity contribution < 1.29 is 20.1 Å². The van der Waals surface area contributed by atoms with Crippen molar-refractivity contribution in [3.05, 3.63) is 134 Å². The molecule has 8 rings (SSSR count). The van der Waals surface area contributed by atoms with E-state index < -0.39 is 0 Å². The Bertz CT molecular complexity index is 1890. The smallest absolute Gasteiger partial charge is 0.506 e. The van der Waals surface area contributed by atoms with Crippen molar-refractivity contribution in [1.82, 2.24) is 14.3 Å². The van der Waals surface area contributed by atoms with E-state index in [0.717, 1.165) is 16.9 Å². The second-order valence-corrected chi connectivity index (χ2v) is 9.99. The van der Waals surface area contributed by atoms with Crippen LogP contribution in [0.2, 0.25) is 0 Å². The number of fused-ring (bicyclic) bond motifs is 6. The first-order chi connectivity index (χ1) is 19.2. The Morgan fingerprint density at radius 3 is 2.30 bits per heavy atom. The Hall–Kier alpha value is -4.18. The van der Waals surface area contributed by atoms with Crippen LogP contribution in [0.4, 0.5) is 5.69 Å². The predicted molar refractivity (Wildman–Crippen MR) is 161 cm³/mol. The van der Waals surface area contributed by atoms with E-state index in [2.05, 4.69) is 113 Å². The van der Waals surface area contributed by atoms with E-state index in [1.165, 1.54) is 38.1 Å². The van der Waals surface area contributed by atoms with Crippen LogP contribution in [-0.2, 0) is 20.1 Å². The Morgan fingerprint density at radius 1 is 0.725 bits per heavy atom. The summed E-state index contributed by atoms with van der Waals surface area (Å²) in [7, 11) is 0. The number of hydrogen-bond acceptors (Lipinski definition) is 3. The van der Waals surface area contributed by atoms with Gasteiger partial charge in [0.25, 0.3) is 0 Å². The molecule has 40 heavy (non-hydrogen) atoms. The number of pyridine rings is 1. The van der Waals surface area contributed by atoms with Crippen LogP contribution in [0.25, 0.3) is 49.4 Å². The quantitative estimate of drug-likeness (QED) is 0.174. The fraction of sp³-hybridized carbons (Fsp3) is 0.0857. The zero-order valence-electron chi connectivity index (χ0n) is 22.2. The molecule has 0 bridgehead atoms. The molecule has 0 radical (unpaired) electrons. The normalized spacial score (nSPS) is 13.0. The van der Waals surface area contributed by atoms with Gasteiger partial charge in [-0.3, -0.25) is 0 Å². The Morgan fingerprint density at radius 2 is 1.52 bits per heavy atom. The molecule has 0 atom stereocenters. The first-order valence-electron chi connectivity index (χ1n) is 13.3. The molecule has 196 valence electrons. The van der Waals surface area contributed by atoms with Gasteiger partial charge < -0.3 is 19.2 Å². The summed E-state index contributed by atoms with van der Waals surface area (Å²) in [6.45, 7) is 6.55. The third-order valence-corrected chi connectivity index (χ3v) is 7.32. The van der Waals surface area contributed by atoms with E-state index in [9.17, 15) is 0 Å². The van der Waals surface area contributed by atoms with Gasteiger partial charge in [0.2, 0.25) is 0 Å². The van der Waals surface area contributed by atoms with Crippen LogP contribution in [0.5, 0.6) is 0 Å². The molecule has 4 nitrogen and oxygen atoms in total. The Labute approximate surface area is 247 Å². The predicted octanol–water partition coefficient (Wildman–Crippen LogP) is 8.30. The SMILES string of the molecule is CC(C)N1C=CN(c2[c-]ccc3c2c2cccc4c5ccccc5n3c42)[CH-]1.[Ir+3].[c-]1ccccc1-c1ccccn1. The van der Waals surface area contributed by atoms with E-state index in [1.54, 1.807) is 6.20 Å². The van der Waals surface area contributed by atoms with Crippen molar-refractivity contribution in [3.8, 4) is 11.3 Å². The van der Waals surface area contributed by atoms with Gasteiger partial charge in [-0.05, 0) is 55.5 Å². The standard InChI is InChI=1S/C24H19N3.C11H8N.Ir/c1-16(2)25-13-14-26(15-25)21-11-6-12-22-23(21)19-9-5-8-18-17-7-3-4-10-20(17)27(22)24(18)19;1-2-6-10(7-3-1)11-8-4-5-9-12-11;/h3-10,12-16H,1-2H3;1-6,8-9H;/q-2;-1;+3. The Kier molecular flexibility index (Phi) is 7.02. The molecule has 0 amide bonds. The molecular formula is C35H27IrN4. The fourth-order valence-corrected chi connectivity index (χ4v) is 5.48. The van der Waals surface area contributed by atoms with Crippen LogP contribution < -0.4 is 4.90 Å². The summed E-state index contributed by atoms with van der Waals surface area (Å²) in [5.41, 5.74) is 6.92. The number of hydrogen-bond donors (Lipinski definition) is 0. The zero-order valence-corrected chi connectivity index (χ0v) is 24.6. The summed E-state index contributed by atoms with van der Waals surface area (Å²) in [4.78, 5) is 8.63. The van der Waals surface area contributed by atoms with E-state index in [4.69, 9.17) is 0 Å². The summed E-state index contributed by atoms with van der Waals surface area (Å²) in [5, 5.41) is 5.17. The average molecular weight is 696 g/mol. The molecule has 0 unspecified atom stereocenters. The molecule has 7 aromatic rings. The monoisotopic (exact) mass is 696 g/mol. The van der Waals surface area contributed by atoms with Gasteiger partial charge in [-0.1, -0.05) is 65.1 Å². The van der Waals surface area contributed by atoms with Gasteiger partial charge in [0, 0.05) is 22.5 Å². The molecule has 4 heterocycles. The maximum atomic E-state index is 4.22. The van der Waals surface area contributed by atoms with Crippen LogP contribution in [0.3, 0.4) is 0 Å². The fourth-order valence-electron chi connectivity index (χ4n) is 5.48. The minimum absolute atomic E-state index is 0. The van der Waals surface area contributed by atoms with E-state index >= 15 is 0 Å². The molecule has 0 fully saturated rings. The Balaban J connectivity index is 0.000000188.